The van der Waals surface area contributed by atoms with Gasteiger partial charge in [0.1, 0.15) is 0 Å². The summed E-state index contributed by atoms with van der Waals surface area (Å²) in [7, 11) is 0. The van der Waals surface area contributed by atoms with Crippen molar-refractivity contribution >= 4 is 35.0 Å². The zero-order chi connectivity index (χ0) is 21.9. The maximum Gasteiger partial charge on any atom is 0.253 e. The van der Waals surface area contributed by atoms with E-state index in [1.165, 1.54) is 0 Å². The van der Waals surface area contributed by atoms with Gasteiger partial charge >= 0.3 is 0 Å². The number of halogens is 2. The van der Waals surface area contributed by atoms with Crippen LogP contribution in [0.2, 0.25) is 10.0 Å². The van der Waals surface area contributed by atoms with Crippen LogP contribution < -0.4 is 10.6 Å². The number of hydrogen-bond acceptors (Lipinski definition) is 2. The summed E-state index contributed by atoms with van der Waals surface area (Å²) in [6.07, 6.45) is 2.59. The zero-order valence-corrected chi connectivity index (χ0v) is 19.1. The smallest absolute Gasteiger partial charge is 0.253 e. The molecule has 4 nitrogen and oxygen atoms in total. The lowest BCUT2D eigenvalue weighted by Crippen LogP contribution is -2.50. The lowest BCUT2D eigenvalue weighted by Gasteiger charge is -2.47. The van der Waals surface area contributed by atoms with Crippen molar-refractivity contribution in [2.75, 3.05) is 6.54 Å². The average Bonchev–Trinajstić information content (AvgIpc) is 2.65. The van der Waals surface area contributed by atoms with Gasteiger partial charge in [0.2, 0.25) is 0 Å². The Bertz CT molecular complexity index is 944. The number of carbonyl (C=O) groups excluding carboxylic acids is 2. The quantitative estimate of drug-likeness (QED) is 0.614. The van der Waals surface area contributed by atoms with Gasteiger partial charge in [0.15, 0.2) is 0 Å². The minimum absolute atomic E-state index is 0.000243. The number of nitrogens with one attached hydrogen (secondary N) is 2. The van der Waals surface area contributed by atoms with Crippen LogP contribution in [0.3, 0.4) is 0 Å². The highest BCUT2D eigenvalue weighted by Gasteiger charge is 2.42. The van der Waals surface area contributed by atoms with Gasteiger partial charge in [0, 0.05) is 12.6 Å². The number of rotatable bonds is 5. The number of hydrogen-bond donors (Lipinski definition) is 2. The topological polar surface area (TPSA) is 58.2 Å². The zero-order valence-electron chi connectivity index (χ0n) is 17.6. The predicted octanol–water partition coefficient (Wildman–Crippen LogP) is 5.74. The molecule has 1 fully saturated rings. The molecule has 0 heterocycles. The monoisotopic (exact) mass is 446 g/mol. The molecule has 0 unspecified atom stereocenters. The van der Waals surface area contributed by atoms with Crippen molar-refractivity contribution in [3.8, 4) is 0 Å². The largest absolute Gasteiger partial charge is 0.351 e. The summed E-state index contributed by atoms with van der Waals surface area (Å²) in [6.45, 7) is 7.08. The molecule has 2 atom stereocenters. The van der Waals surface area contributed by atoms with Crippen molar-refractivity contribution in [3.63, 3.8) is 0 Å². The van der Waals surface area contributed by atoms with Crippen molar-refractivity contribution in [2.24, 2.45) is 10.8 Å². The summed E-state index contributed by atoms with van der Waals surface area (Å²) in [6, 6.07) is 14.1. The lowest BCUT2D eigenvalue weighted by molar-refractivity contribution is 0.0592. The minimum atomic E-state index is -0.179. The Labute approximate surface area is 188 Å². The van der Waals surface area contributed by atoms with Crippen molar-refractivity contribution in [3.05, 3.63) is 69.7 Å². The second-order valence-electron chi connectivity index (χ2n) is 9.37. The molecular weight excluding hydrogens is 419 g/mol. The Morgan fingerprint density at radius 1 is 0.900 bits per heavy atom. The molecule has 0 saturated heterocycles. The summed E-state index contributed by atoms with van der Waals surface area (Å²) in [4.78, 5) is 25.4. The molecule has 6 heteroatoms. The van der Waals surface area contributed by atoms with Gasteiger partial charge in [-0.25, -0.2) is 0 Å². The molecular formula is C24H28Cl2N2O2. The lowest BCUT2D eigenvalue weighted by atomic mass is 9.62. The molecule has 0 bridgehead atoms. The fraction of sp³-hybridized carbons (Fsp3) is 0.417. The average molecular weight is 447 g/mol. The van der Waals surface area contributed by atoms with E-state index in [-0.39, 0.29) is 28.7 Å². The van der Waals surface area contributed by atoms with Crippen molar-refractivity contribution in [1.29, 1.82) is 0 Å². The van der Waals surface area contributed by atoms with Crippen LogP contribution in [0, 0.1) is 10.8 Å². The third-order valence-corrected chi connectivity index (χ3v) is 6.35. The summed E-state index contributed by atoms with van der Waals surface area (Å²) >= 11 is 12.3. The summed E-state index contributed by atoms with van der Waals surface area (Å²) in [5, 5.41) is 7.09. The van der Waals surface area contributed by atoms with Crippen LogP contribution in [0.5, 0.6) is 0 Å². The van der Waals surface area contributed by atoms with E-state index in [4.69, 9.17) is 23.2 Å². The van der Waals surface area contributed by atoms with Crippen LogP contribution >= 0.6 is 23.2 Å². The first-order chi connectivity index (χ1) is 14.1. The SMILES string of the molecule is CC1(C)C[C@H](NC(=O)c2ccccc2Cl)C[C@](C)(CNC(=O)c2ccccc2Cl)C1. The third-order valence-electron chi connectivity index (χ3n) is 5.69. The molecule has 3 rings (SSSR count). The van der Waals surface area contributed by atoms with Crippen molar-refractivity contribution in [1.82, 2.24) is 10.6 Å². The van der Waals surface area contributed by atoms with E-state index >= 15 is 0 Å². The first-order valence-corrected chi connectivity index (χ1v) is 10.9. The molecule has 1 aliphatic carbocycles. The molecule has 160 valence electrons. The van der Waals surface area contributed by atoms with E-state index in [9.17, 15) is 9.59 Å². The molecule has 2 N–H and O–H groups in total. The van der Waals surface area contributed by atoms with Crippen LogP contribution in [-0.2, 0) is 0 Å². The fourth-order valence-electron chi connectivity index (χ4n) is 4.81. The van der Waals surface area contributed by atoms with Crippen LogP contribution in [0.25, 0.3) is 0 Å². The number of carbonyl (C=O) groups is 2. The van der Waals surface area contributed by atoms with Crippen LogP contribution in [0.15, 0.2) is 48.5 Å². The van der Waals surface area contributed by atoms with Gasteiger partial charge in [-0.15, -0.1) is 0 Å². The van der Waals surface area contributed by atoms with Crippen molar-refractivity contribution < 1.29 is 9.59 Å². The van der Waals surface area contributed by atoms with E-state index in [1.54, 1.807) is 42.5 Å². The molecule has 0 radical (unpaired) electrons. The highest BCUT2D eigenvalue weighted by Crippen LogP contribution is 2.46. The van der Waals surface area contributed by atoms with E-state index in [0.717, 1.165) is 19.3 Å². The van der Waals surface area contributed by atoms with Gasteiger partial charge in [-0.2, -0.15) is 0 Å². The standard InChI is InChI=1S/C24H28Cl2N2O2/c1-23(2)12-16(28-22(30)18-9-5-7-11-20(18)26)13-24(3,14-23)15-27-21(29)17-8-4-6-10-19(17)25/h4-11,16H,12-15H2,1-3H3,(H,27,29)(H,28,30)/t16-,24-/m0/s1. The van der Waals surface area contributed by atoms with E-state index < -0.39 is 0 Å². The molecule has 2 aromatic carbocycles. The van der Waals surface area contributed by atoms with E-state index in [0.29, 0.717) is 27.7 Å². The maximum absolute atomic E-state index is 12.8. The molecule has 0 spiro atoms. The third kappa shape index (κ3) is 5.55. The second kappa shape index (κ2) is 8.99. The minimum Gasteiger partial charge on any atom is -0.351 e. The normalized spacial score (nSPS) is 22.9. The highest BCUT2D eigenvalue weighted by molar-refractivity contribution is 6.34. The van der Waals surface area contributed by atoms with Crippen LogP contribution in [0.1, 0.15) is 60.7 Å². The van der Waals surface area contributed by atoms with E-state index in [2.05, 4.69) is 31.4 Å². The molecule has 1 saturated carbocycles. The van der Waals surface area contributed by atoms with E-state index in [1.807, 2.05) is 6.07 Å². The van der Waals surface area contributed by atoms with Gasteiger partial charge < -0.3 is 10.6 Å². The first-order valence-electron chi connectivity index (χ1n) is 10.2. The molecule has 30 heavy (non-hydrogen) atoms. The Morgan fingerprint density at radius 2 is 1.43 bits per heavy atom. The molecule has 2 amide bonds. The second-order valence-corrected chi connectivity index (χ2v) is 10.2. The Morgan fingerprint density at radius 3 is 2.00 bits per heavy atom. The Kier molecular flexibility index (Phi) is 6.78. The highest BCUT2D eigenvalue weighted by atomic mass is 35.5. The molecule has 0 aromatic heterocycles. The summed E-state index contributed by atoms with van der Waals surface area (Å²) in [5.74, 6) is -0.340. The molecule has 2 aromatic rings. The Balaban J connectivity index is 1.69. The fourth-order valence-corrected chi connectivity index (χ4v) is 5.26. The first kappa shape index (κ1) is 22.6. The number of amides is 2. The van der Waals surface area contributed by atoms with Gasteiger partial charge in [-0.05, 0) is 54.4 Å². The van der Waals surface area contributed by atoms with Gasteiger partial charge in [-0.1, -0.05) is 68.2 Å². The van der Waals surface area contributed by atoms with Gasteiger partial charge in [0.05, 0.1) is 21.2 Å². The van der Waals surface area contributed by atoms with Crippen LogP contribution in [0.4, 0.5) is 0 Å². The van der Waals surface area contributed by atoms with Crippen LogP contribution in [-0.4, -0.2) is 24.4 Å². The van der Waals surface area contributed by atoms with Crippen molar-refractivity contribution in [2.45, 2.75) is 46.1 Å². The molecule has 0 aliphatic heterocycles. The maximum atomic E-state index is 12.8. The van der Waals surface area contributed by atoms with Gasteiger partial charge in [0.25, 0.3) is 11.8 Å². The van der Waals surface area contributed by atoms with Gasteiger partial charge in [-0.3, -0.25) is 9.59 Å². The summed E-state index contributed by atoms with van der Waals surface area (Å²) < 4.78 is 0. The summed E-state index contributed by atoms with van der Waals surface area (Å²) in [5.41, 5.74) is 0.829. The molecule has 1 aliphatic rings. The Hall–Kier alpha value is -2.04. The predicted molar refractivity (Wildman–Crippen MR) is 122 cm³/mol. The number of benzene rings is 2.